The number of thiazole rings is 1. The van der Waals surface area contributed by atoms with Crippen LogP contribution in [-0.4, -0.2) is 47.2 Å². The minimum atomic E-state index is -0.0354. The van der Waals surface area contributed by atoms with Crippen LogP contribution in [0.15, 0.2) is 17.5 Å². The van der Waals surface area contributed by atoms with Crippen molar-refractivity contribution in [1.29, 1.82) is 0 Å². The van der Waals surface area contributed by atoms with Crippen LogP contribution in [0.25, 0.3) is 10.6 Å². The maximum absolute atomic E-state index is 11.0. The fraction of sp³-hybridized carbons (Fsp3) is 0.471. The third-order valence-corrected chi connectivity index (χ3v) is 5.43. The van der Waals surface area contributed by atoms with Crippen LogP contribution in [-0.2, 0) is 16.1 Å². The lowest BCUT2D eigenvalue weighted by Crippen LogP contribution is -2.39. The van der Waals surface area contributed by atoms with E-state index in [1.165, 1.54) is 18.3 Å². The van der Waals surface area contributed by atoms with E-state index in [0.717, 1.165) is 40.0 Å². The van der Waals surface area contributed by atoms with Crippen LogP contribution in [0.4, 0.5) is 5.13 Å². The van der Waals surface area contributed by atoms with Gasteiger partial charge in [0.15, 0.2) is 0 Å². The molecule has 9 heteroatoms. The number of ether oxygens (including phenoxy) is 1. The zero-order valence-corrected chi connectivity index (χ0v) is 16.9. The van der Waals surface area contributed by atoms with Gasteiger partial charge in [0.2, 0.25) is 11.6 Å². The Bertz CT molecular complexity index is 728. The highest BCUT2D eigenvalue weighted by Crippen LogP contribution is 2.31. The zero-order valence-electron chi connectivity index (χ0n) is 15.2. The number of hydrazone groups is 1. The molecule has 2 rings (SSSR count). The van der Waals surface area contributed by atoms with Gasteiger partial charge in [0, 0.05) is 25.0 Å². The van der Waals surface area contributed by atoms with Crippen molar-refractivity contribution in [2.75, 3.05) is 19.8 Å². The summed E-state index contributed by atoms with van der Waals surface area (Å²) in [6, 6.07) is 4.02. The monoisotopic (exact) mass is 396 g/mol. The molecule has 0 atom stereocenters. The number of hydrogen-bond acceptors (Lipinski definition) is 7. The predicted molar refractivity (Wildman–Crippen MR) is 107 cm³/mol. The summed E-state index contributed by atoms with van der Waals surface area (Å²) < 4.78 is 7.07. The molecule has 7 nitrogen and oxygen atoms in total. The number of nitrogens with one attached hydrogen (secondary N) is 1. The van der Waals surface area contributed by atoms with Gasteiger partial charge < -0.3 is 10.1 Å². The largest absolute Gasteiger partial charge is 0.407 e. The van der Waals surface area contributed by atoms with Gasteiger partial charge >= 0.3 is 5.13 Å². The number of aromatic nitrogens is 1. The number of nitrogens with zero attached hydrogens (tertiary/aromatic N) is 3. The average molecular weight is 397 g/mol. The average Bonchev–Trinajstić information content (AvgIpc) is 3.28. The fourth-order valence-corrected chi connectivity index (χ4v) is 3.88. The van der Waals surface area contributed by atoms with Gasteiger partial charge in [-0.2, -0.15) is 5.12 Å². The summed E-state index contributed by atoms with van der Waals surface area (Å²) in [6.45, 7) is 10.2. The normalized spacial score (nSPS) is 10.7. The molecule has 0 aliphatic rings. The molecule has 26 heavy (non-hydrogen) atoms. The van der Waals surface area contributed by atoms with E-state index in [-0.39, 0.29) is 5.91 Å². The predicted octanol–water partition coefficient (Wildman–Crippen LogP) is 2.76. The molecule has 0 fully saturated rings. The second kappa shape index (κ2) is 10.4. The third kappa shape index (κ3) is 6.17. The Hall–Kier alpha value is -1.81. The summed E-state index contributed by atoms with van der Waals surface area (Å²) >= 11 is 3.10. The maximum Gasteiger partial charge on any atom is 0.407 e. The second-order valence-corrected chi connectivity index (χ2v) is 7.72. The third-order valence-electron chi connectivity index (χ3n) is 3.47. The van der Waals surface area contributed by atoms with Crippen molar-refractivity contribution >= 4 is 40.4 Å². The summed E-state index contributed by atoms with van der Waals surface area (Å²) in [5.74, 6) is 6.02. The van der Waals surface area contributed by atoms with Gasteiger partial charge in [-0.1, -0.05) is 6.92 Å². The summed E-state index contributed by atoms with van der Waals surface area (Å²) in [5, 5.41) is 7.07. The minimum Gasteiger partial charge on any atom is -0.381 e. The quantitative estimate of drug-likeness (QED) is 0.201. The number of amides is 1. The Morgan fingerprint density at radius 2 is 2.27 bits per heavy atom. The van der Waals surface area contributed by atoms with Gasteiger partial charge in [0.1, 0.15) is 0 Å². The molecule has 0 unspecified atom stereocenters. The summed E-state index contributed by atoms with van der Waals surface area (Å²) in [4.78, 5) is 17.8. The molecule has 0 radical (unpaired) electrons. The summed E-state index contributed by atoms with van der Waals surface area (Å²) in [5.41, 5.74) is 0.886. The number of nitrogens with two attached hydrogens (primary N) is 1. The molecule has 2 aromatic heterocycles. The maximum atomic E-state index is 11.0. The highest BCUT2D eigenvalue weighted by Gasteiger charge is 2.20. The van der Waals surface area contributed by atoms with Crippen LogP contribution in [0.3, 0.4) is 0 Å². The molecule has 1 amide bonds. The van der Waals surface area contributed by atoms with E-state index in [0.29, 0.717) is 19.7 Å². The summed E-state index contributed by atoms with van der Waals surface area (Å²) in [7, 11) is 0. The second-order valence-electron chi connectivity index (χ2n) is 5.72. The molecule has 0 aromatic carbocycles. The van der Waals surface area contributed by atoms with Gasteiger partial charge in [-0.05, 0) is 41.3 Å². The molecule has 2 heterocycles. The van der Waals surface area contributed by atoms with Crippen molar-refractivity contribution < 1.29 is 14.2 Å². The molecule has 3 N–H and O–H groups in total. The molecule has 0 spiro atoms. The Morgan fingerprint density at radius 3 is 3.00 bits per heavy atom. The lowest BCUT2D eigenvalue weighted by atomic mass is 10.3. The Kier molecular flexibility index (Phi) is 8.17. The first kappa shape index (κ1) is 20.5. The number of rotatable bonds is 11. The lowest BCUT2D eigenvalue weighted by Gasteiger charge is -2.15. The molecule has 0 aliphatic carbocycles. The van der Waals surface area contributed by atoms with Crippen molar-refractivity contribution in [1.82, 2.24) is 15.4 Å². The Balaban J connectivity index is 1.89. The van der Waals surface area contributed by atoms with E-state index in [2.05, 4.69) is 23.9 Å². The minimum absolute atomic E-state index is 0.0354. The van der Waals surface area contributed by atoms with E-state index >= 15 is 0 Å². The number of carbonyl (C=O) groups is 1. The van der Waals surface area contributed by atoms with Crippen molar-refractivity contribution in [3.63, 3.8) is 0 Å². The molecular weight excluding hydrogens is 370 g/mol. The molecule has 0 saturated carbocycles. The zero-order chi connectivity index (χ0) is 18.9. The summed E-state index contributed by atoms with van der Waals surface area (Å²) in [6.07, 6.45) is 1.85. The number of hydrogen-bond donors (Lipinski definition) is 2. The van der Waals surface area contributed by atoms with Crippen LogP contribution >= 0.6 is 22.7 Å². The van der Waals surface area contributed by atoms with Crippen molar-refractivity contribution in [2.24, 2.45) is 5.84 Å². The van der Waals surface area contributed by atoms with Crippen molar-refractivity contribution in [2.45, 2.75) is 33.2 Å². The van der Waals surface area contributed by atoms with Gasteiger partial charge in [0.05, 0.1) is 30.1 Å². The first-order valence-corrected chi connectivity index (χ1v) is 10.2. The van der Waals surface area contributed by atoms with E-state index in [4.69, 9.17) is 10.6 Å². The van der Waals surface area contributed by atoms with E-state index in [9.17, 15) is 4.79 Å². The van der Waals surface area contributed by atoms with Gasteiger partial charge in [-0.15, -0.1) is 16.0 Å². The van der Waals surface area contributed by atoms with Crippen LogP contribution in [0.2, 0.25) is 0 Å². The highest BCUT2D eigenvalue weighted by molar-refractivity contribution is 7.16. The Morgan fingerprint density at radius 1 is 1.46 bits per heavy atom. The Labute approximate surface area is 162 Å². The molecule has 0 bridgehead atoms. The smallest absolute Gasteiger partial charge is 0.381 e. The van der Waals surface area contributed by atoms with Crippen LogP contribution in [0, 0.1) is 0 Å². The van der Waals surface area contributed by atoms with Gasteiger partial charge in [0.25, 0.3) is 0 Å². The van der Waals surface area contributed by atoms with Crippen LogP contribution < -0.4 is 11.2 Å². The molecule has 2 aromatic rings. The highest BCUT2D eigenvalue weighted by atomic mass is 32.1. The molecule has 142 valence electrons. The first-order valence-electron chi connectivity index (χ1n) is 8.50. The first-order chi connectivity index (χ1) is 12.5. The molecular formula is C17H26N5O2S2+. The number of hydrazine groups is 2. The van der Waals surface area contributed by atoms with Crippen molar-refractivity contribution in [3.05, 3.63) is 22.4 Å². The SMILES string of the molecule is C=[N+](c1nc(-c2ccc(CNC(C)=O)s2)cs1)N(N)CCCOCCC. The fourth-order valence-electron chi connectivity index (χ4n) is 2.12. The van der Waals surface area contributed by atoms with E-state index < -0.39 is 0 Å². The molecule has 0 aliphatic heterocycles. The number of carbonyl (C=O) groups excluding carboxylic acids is 1. The van der Waals surface area contributed by atoms with E-state index in [1.54, 1.807) is 21.1 Å². The van der Waals surface area contributed by atoms with Crippen LogP contribution in [0.1, 0.15) is 31.6 Å². The topological polar surface area (TPSA) is 83.5 Å². The lowest BCUT2D eigenvalue weighted by molar-refractivity contribution is -0.620. The van der Waals surface area contributed by atoms with Gasteiger partial charge in [-0.25, -0.2) is 5.84 Å². The molecule has 0 saturated heterocycles. The number of thiophene rings is 1. The van der Waals surface area contributed by atoms with Crippen molar-refractivity contribution in [3.8, 4) is 10.6 Å². The standard InChI is InChI=1S/C17H25N5O2S2/c1-4-9-24-10-5-8-22(18)21(3)17-20-15(12-25-17)16-7-6-14(26-16)11-19-13(2)23/h6-7,12H,3-5,8-11,18H2,1-2H3/p+1. The van der Waals surface area contributed by atoms with E-state index in [1.807, 2.05) is 17.5 Å². The van der Waals surface area contributed by atoms with Crippen LogP contribution in [0.5, 0.6) is 0 Å². The van der Waals surface area contributed by atoms with Gasteiger partial charge in [-0.3, -0.25) is 4.79 Å².